The molecular formula is C90H64N6. The van der Waals surface area contributed by atoms with E-state index in [-0.39, 0.29) is 16.2 Å². The van der Waals surface area contributed by atoms with Crippen molar-refractivity contribution in [1.29, 1.82) is 0 Å². The summed E-state index contributed by atoms with van der Waals surface area (Å²) in [5.41, 5.74) is 30.9. The zero-order chi connectivity index (χ0) is 64.1. The highest BCUT2D eigenvalue weighted by molar-refractivity contribution is 6.13. The highest BCUT2D eigenvalue weighted by Gasteiger charge is 2.38. The molecule has 0 saturated heterocycles. The van der Waals surface area contributed by atoms with Crippen molar-refractivity contribution in [3.8, 4) is 95.7 Å². The van der Waals surface area contributed by atoms with E-state index in [2.05, 4.69) is 334 Å². The van der Waals surface area contributed by atoms with Crippen LogP contribution in [0.2, 0.25) is 0 Å². The van der Waals surface area contributed by atoms with Crippen LogP contribution in [-0.4, -0.2) is 28.7 Å². The molecule has 0 fully saturated rings. The molecule has 17 aromatic rings. The van der Waals surface area contributed by atoms with Crippen LogP contribution < -0.4 is 0 Å². The second kappa shape index (κ2) is 19.7. The maximum absolute atomic E-state index is 5.72. The number of para-hydroxylation sites is 3. The van der Waals surface area contributed by atoms with Gasteiger partial charge in [-0.2, -0.15) is 15.0 Å². The van der Waals surface area contributed by atoms with E-state index in [1.807, 2.05) is 0 Å². The van der Waals surface area contributed by atoms with Crippen LogP contribution in [0.4, 0.5) is 0 Å². The Balaban J connectivity index is 0.773. The van der Waals surface area contributed by atoms with Crippen LogP contribution in [0, 0.1) is 0 Å². The fourth-order valence-electron chi connectivity index (χ4n) is 17.3. The maximum Gasteiger partial charge on any atom is 0.240 e. The van der Waals surface area contributed by atoms with Crippen molar-refractivity contribution in [2.75, 3.05) is 0 Å². The van der Waals surface area contributed by atoms with Crippen LogP contribution in [0.5, 0.6) is 0 Å². The molecule has 0 bridgehead atoms. The SMILES string of the molecule is CC1(C)c2ccccc2-c2ccc(-c3ccc4c5ccccc5n(-c5ccc(-c6nc(-n7c8ccccc8c8ccc(-c9ccc%10c(c9)C(C)(C)c9ccccc9-%10)cc87)nc(-n7c8ccccc8c8ccc(-c9ccc%10c(c9)C(C)(C)c9ccccc9-%10)cc87)n6)cc5)c4c3)cc21. The van der Waals surface area contributed by atoms with Crippen LogP contribution in [0.3, 0.4) is 0 Å². The summed E-state index contributed by atoms with van der Waals surface area (Å²) in [4.78, 5) is 17.0. The van der Waals surface area contributed by atoms with Gasteiger partial charge >= 0.3 is 0 Å². The van der Waals surface area contributed by atoms with E-state index in [4.69, 9.17) is 15.0 Å². The van der Waals surface area contributed by atoms with Crippen molar-refractivity contribution >= 4 is 65.4 Å². The summed E-state index contributed by atoms with van der Waals surface area (Å²) in [6, 6.07) is 104. The minimum atomic E-state index is -0.142. The van der Waals surface area contributed by atoms with Gasteiger partial charge in [-0.1, -0.05) is 242 Å². The molecule has 0 radical (unpaired) electrons. The number of nitrogens with zero attached hydrogens (tertiary/aromatic N) is 6. The van der Waals surface area contributed by atoms with E-state index < -0.39 is 0 Å². The lowest BCUT2D eigenvalue weighted by molar-refractivity contribution is 0.660. The largest absolute Gasteiger partial charge is 0.309 e. The van der Waals surface area contributed by atoms with Crippen molar-refractivity contribution in [3.05, 3.63) is 312 Å². The van der Waals surface area contributed by atoms with E-state index in [0.29, 0.717) is 17.7 Å². The Morgan fingerprint density at radius 3 is 0.885 bits per heavy atom. The summed E-state index contributed by atoms with van der Waals surface area (Å²) >= 11 is 0. The first-order valence-corrected chi connectivity index (χ1v) is 33.6. The lowest BCUT2D eigenvalue weighted by Gasteiger charge is -2.22. The molecule has 6 heteroatoms. The van der Waals surface area contributed by atoms with Crippen LogP contribution in [0.25, 0.3) is 161 Å². The van der Waals surface area contributed by atoms with Crippen LogP contribution in [0.15, 0.2) is 279 Å². The standard InChI is InChI=1S/C90H64N6/c1-88(2)73-25-13-7-19-61(73)64-41-33-54(47-76(64)88)57-36-44-70-67-22-10-16-28-79(67)94(82(70)50-57)60-39-31-53(32-40-60)85-91-86(95-80-29-17-11-23-68(80)71-45-37-58(51-83(71)95)55-34-42-65-62-20-8-14-26-74(62)89(3,4)77(65)48-55)93-87(92-85)96-81-30-18-12-24-69(81)72-46-38-59(52-84(72)96)56-35-43-66-63-21-9-15-27-75(63)90(5,6)78(66)49-56/h7-52H,1-6H3. The van der Waals surface area contributed by atoms with E-state index in [9.17, 15) is 0 Å². The molecule has 13 aromatic carbocycles. The fourth-order valence-corrected chi connectivity index (χ4v) is 17.3. The number of hydrogen-bond donors (Lipinski definition) is 0. The van der Waals surface area contributed by atoms with Crippen molar-refractivity contribution in [2.45, 2.75) is 57.8 Å². The Kier molecular flexibility index (Phi) is 11.2. The fraction of sp³-hybridized carbons (Fsp3) is 0.100. The van der Waals surface area contributed by atoms with Crippen LogP contribution in [-0.2, 0) is 16.2 Å². The third-order valence-electron chi connectivity index (χ3n) is 22.2. The summed E-state index contributed by atoms with van der Waals surface area (Å²) in [6.07, 6.45) is 0. The molecule has 4 heterocycles. The molecule has 0 N–H and O–H groups in total. The number of fused-ring (bicyclic) bond motifs is 18. The van der Waals surface area contributed by atoms with Crippen LogP contribution >= 0.6 is 0 Å². The van der Waals surface area contributed by atoms with Crippen molar-refractivity contribution in [2.24, 2.45) is 0 Å². The second-order valence-corrected chi connectivity index (χ2v) is 28.4. The molecule has 4 aromatic heterocycles. The second-order valence-electron chi connectivity index (χ2n) is 28.4. The lowest BCUT2D eigenvalue weighted by Crippen LogP contribution is -2.14. The first-order valence-electron chi connectivity index (χ1n) is 33.6. The van der Waals surface area contributed by atoms with Crippen molar-refractivity contribution < 1.29 is 0 Å². The van der Waals surface area contributed by atoms with Crippen molar-refractivity contribution in [3.63, 3.8) is 0 Å². The predicted molar refractivity (Wildman–Crippen MR) is 397 cm³/mol. The van der Waals surface area contributed by atoms with Gasteiger partial charge in [0, 0.05) is 59.8 Å². The minimum absolute atomic E-state index is 0.105. The van der Waals surface area contributed by atoms with Gasteiger partial charge in [-0.25, -0.2) is 0 Å². The third kappa shape index (κ3) is 7.66. The smallest absolute Gasteiger partial charge is 0.240 e. The average Bonchev–Trinajstić information content (AvgIpc) is 1.61. The molecule has 3 aliphatic carbocycles. The molecule has 3 aliphatic rings. The molecule has 0 aliphatic heterocycles. The normalized spacial score (nSPS) is 14.4. The molecule has 0 amide bonds. The van der Waals surface area contributed by atoms with Gasteiger partial charge in [0.05, 0.1) is 33.1 Å². The van der Waals surface area contributed by atoms with Gasteiger partial charge in [-0.15, -0.1) is 0 Å². The van der Waals surface area contributed by atoms with Gasteiger partial charge < -0.3 is 4.57 Å². The Morgan fingerprint density at radius 2 is 0.500 bits per heavy atom. The third-order valence-corrected chi connectivity index (χ3v) is 22.2. The molecule has 0 unspecified atom stereocenters. The van der Waals surface area contributed by atoms with Gasteiger partial charge in [0.1, 0.15) is 0 Å². The average molecular weight is 1230 g/mol. The minimum Gasteiger partial charge on any atom is -0.309 e. The topological polar surface area (TPSA) is 53.5 Å². The van der Waals surface area contributed by atoms with E-state index in [1.54, 1.807) is 0 Å². The van der Waals surface area contributed by atoms with Gasteiger partial charge in [0.25, 0.3) is 0 Å². The summed E-state index contributed by atoms with van der Waals surface area (Å²) in [5, 5.41) is 6.91. The Morgan fingerprint density at radius 1 is 0.219 bits per heavy atom. The maximum atomic E-state index is 5.72. The summed E-state index contributed by atoms with van der Waals surface area (Å²) in [7, 11) is 0. The highest BCUT2D eigenvalue weighted by Crippen LogP contribution is 2.53. The van der Waals surface area contributed by atoms with Gasteiger partial charge in [0.15, 0.2) is 5.82 Å². The predicted octanol–water partition coefficient (Wildman–Crippen LogP) is 22.7. The molecule has 96 heavy (non-hydrogen) atoms. The molecule has 0 spiro atoms. The first-order chi connectivity index (χ1) is 46.8. The number of benzene rings is 13. The number of rotatable bonds is 7. The molecule has 20 rings (SSSR count). The van der Waals surface area contributed by atoms with E-state index >= 15 is 0 Å². The molecular weight excluding hydrogens is 1170 g/mol. The quantitative estimate of drug-likeness (QED) is 0.160. The zero-order valence-corrected chi connectivity index (χ0v) is 54.2. The van der Waals surface area contributed by atoms with Crippen molar-refractivity contribution in [1.82, 2.24) is 28.7 Å². The Bertz CT molecular complexity index is 6000. The summed E-state index contributed by atoms with van der Waals surface area (Å²) < 4.78 is 6.96. The zero-order valence-electron chi connectivity index (χ0n) is 54.2. The first kappa shape index (κ1) is 54.8. The van der Waals surface area contributed by atoms with E-state index in [1.165, 1.54) is 99.8 Å². The Labute approximate surface area is 556 Å². The van der Waals surface area contributed by atoms with Crippen LogP contribution in [0.1, 0.15) is 74.9 Å². The highest BCUT2D eigenvalue weighted by atomic mass is 15.3. The molecule has 454 valence electrons. The van der Waals surface area contributed by atoms with Gasteiger partial charge in [-0.3, -0.25) is 9.13 Å². The molecule has 6 nitrogen and oxygen atoms in total. The molecule has 0 atom stereocenters. The lowest BCUT2D eigenvalue weighted by atomic mass is 9.81. The van der Waals surface area contributed by atoms with Gasteiger partial charge in [-0.05, 0) is 179 Å². The summed E-state index contributed by atoms with van der Waals surface area (Å²) in [6.45, 7) is 14.1. The summed E-state index contributed by atoms with van der Waals surface area (Å²) in [5.74, 6) is 1.63. The number of aromatic nitrogens is 6. The van der Waals surface area contributed by atoms with E-state index in [0.717, 1.165) is 77.0 Å². The van der Waals surface area contributed by atoms with Gasteiger partial charge in [0.2, 0.25) is 11.9 Å². The monoisotopic (exact) mass is 1230 g/mol. The molecule has 0 saturated carbocycles. The Hall–Kier alpha value is -11.7. The number of hydrogen-bond acceptors (Lipinski definition) is 3.